The second-order valence-electron chi connectivity index (χ2n) is 5.78. The lowest BCUT2D eigenvalue weighted by Crippen LogP contribution is -2.17. The number of hydrogen-bond acceptors (Lipinski definition) is 7. The summed E-state index contributed by atoms with van der Waals surface area (Å²) in [5.74, 6) is 0.777. The molecule has 0 spiro atoms. The zero-order valence-corrected chi connectivity index (χ0v) is 19.1. The van der Waals surface area contributed by atoms with E-state index in [9.17, 15) is 9.59 Å². The van der Waals surface area contributed by atoms with E-state index >= 15 is 0 Å². The Morgan fingerprint density at radius 2 is 1.77 bits per heavy atom. The first-order valence-electron chi connectivity index (χ1n) is 9.20. The number of ether oxygens (including phenoxy) is 4. The summed E-state index contributed by atoms with van der Waals surface area (Å²) < 4.78 is 21.8. The molecule has 2 aromatic rings. The molecular formula is C21H23IN2O6. The Hall–Kier alpha value is -2.82. The number of esters is 1. The molecule has 0 aliphatic carbocycles. The molecule has 8 nitrogen and oxygen atoms in total. The van der Waals surface area contributed by atoms with Crippen LogP contribution in [-0.4, -0.2) is 45.0 Å². The average Bonchev–Trinajstić information content (AvgIpc) is 2.74. The molecule has 0 aliphatic rings. The number of nitrogens with zero attached hydrogens (tertiary/aromatic N) is 1. The molecule has 0 heterocycles. The Balaban J connectivity index is 2.08. The Morgan fingerprint density at radius 3 is 2.40 bits per heavy atom. The fourth-order valence-electron chi connectivity index (χ4n) is 2.35. The predicted octanol–water partition coefficient (Wildman–Crippen LogP) is 3.40. The first kappa shape index (κ1) is 23.5. The predicted molar refractivity (Wildman–Crippen MR) is 121 cm³/mol. The van der Waals surface area contributed by atoms with Crippen LogP contribution in [0.1, 0.15) is 29.8 Å². The Labute approximate surface area is 188 Å². The second-order valence-corrected chi connectivity index (χ2v) is 6.95. The molecule has 0 radical (unpaired) electrons. The highest BCUT2D eigenvalue weighted by Crippen LogP contribution is 2.34. The highest BCUT2D eigenvalue weighted by Gasteiger charge is 2.14. The van der Waals surface area contributed by atoms with E-state index in [4.69, 9.17) is 14.2 Å². The number of halogens is 1. The van der Waals surface area contributed by atoms with Gasteiger partial charge < -0.3 is 18.9 Å². The summed E-state index contributed by atoms with van der Waals surface area (Å²) in [6.07, 6.45) is 1.50. The molecular weight excluding hydrogens is 503 g/mol. The van der Waals surface area contributed by atoms with Crippen LogP contribution in [-0.2, 0) is 9.53 Å². The van der Waals surface area contributed by atoms with E-state index in [2.05, 4.69) is 37.9 Å². The molecule has 9 heteroatoms. The van der Waals surface area contributed by atoms with Crippen LogP contribution in [0, 0.1) is 3.57 Å². The minimum absolute atomic E-state index is 0.224. The number of rotatable bonds is 10. The Bertz CT molecular complexity index is 899. The molecule has 0 aliphatic heterocycles. The van der Waals surface area contributed by atoms with E-state index in [0.717, 1.165) is 3.57 Å². The number of carbonyl (C=O) groups excluding carboxylic acids is 2. The number of hydrogen-bond donors (Lipinski definition) is 1. The van der Waals surface area contributed by atoms with Crippen molar-refractivity contribution in [1.29, 1.82) is 0 Å². The lowest BCUT2D eigenvalue weighted by molar-refractivity contribution is -0.142. The zero-order valence-electron chi connectivity index (χ0n) is 16.9. The van der Waals surface area contributed by atoms with Crippen LogP contribution < -0.4 is 19.6 Å². The molecule has 0 saturated heterocycles. The van der Waals surface area contributed by atoms with Crippen LogP contribution in [0.5, 0.6) is 17.2 Å². The van der Waals surface area contributed by atoms with Gasteiger partial charge in [0.2, 0.25) is 0 Å². The van der Waals surface area contributed by atoms with Crippen LogP contribution in [0.25, 0.3) is 0 Å². The monoisotopic (exact) mass is 526 g/mol. The van der Waals surface area contributed by atoms with Crippen molar-refractivity contribution in [3.63, 3.8) is 0 Å². The van der Waals surface area contributed by atoms with Crippen molar-refractivity contribution >= 4 is 40.7 Å². The summed E-state index contributed by atoms with van der Waals surface area (Å²) in [5.41, 5.74) is 3.65. The molecule has 0 unspecified atom stereocenters. The van der Waals surface area contributed by atoms with Gasteiger partial charge in [-0.1, -0.05) is 0 Å². The van der Waals surface area contributed by atoms with Crippen LogP contribution in [0.4, 0.5) is 0 Å². The molecule has 0 aromatic heterocycles. The van der Waals surface area contributed by atoms with Gasteiger partial charge in [0.25, 0.3) is 5.91 Å². The van der Waals surface area contributed by atoms with Gasteiger partial charge in [-0.3, -0.25) is 4.79 Å². The molecule has 30 heavy (non-hydrogen) atoms. The topological polar surface area (TPSA) is 95.5 Å². The molecule has 2 aromatic carbocycles. The van der Waals surface area contributed by atoms with Crippen LogP contribution >= 0.6 is 22.6 Å². The second kappa shape index (κ2) is 12.0. The Morgan fingerprint density at radius 1 is 1.07 bits per heavy atom. The van der Waals surface area contributed by atoms with Gasteiger partial charge in [0, 0.05) is 5.56 Å². The third-order valence-electron chi connectivity index (χ3n) is 3.70. The third kappa shape index (κ3) is 6.90. The smallest absolute Gasteiger partial charge is 0.343 e. The number of nitrogens with one attached hydrogen (secondary N) is 1. The van der Waals surface area contributed by atoms with Gasteiger partial charge in [-0.2, -0.15) is 5.10 Å². The third-order valence-corrected chi connectivity index (χ3v) is 4.50. The minimum atomic E-state index is -0.490. The van der Waals surface area contributed by atoms with Crippen molar-refractivity contribution in [3.05, 3.63) is 51.1 Å². The van der Waals surface area contributed by atoms with E-state index in [0.29, 0.717) is 41.6 Å². The van der Waals surface area contributed by atoms with E-state index in [-0.39, 0.29) is 12.5 Å². The fourth-order valence-corrected chi connectivity index (χ4v) is 3.14. The van der Waals surface area contributed by atoms with Crippen LogP contribution in [0.15, 0.2) is 41.5 Å². The highest BCUT2D eigenvalue weighted by molar-refractivity contribution is 14.1. The standard InChI is InChI=1S/C21H23IN2O6/c1-4-28-16-8-6-15(7-9-16)21(26)24-23-12-14-10-17(22)20(18(11-14)29-5-2)30-13-19(25)27-3/h6-12H,4-5,13H2,1-3H3,(H,24,26)/b23-12-. The van der Waals surface area contributed by atoms with Gasteiger partial charge in [0.1, 0.15) is 5.75 Å². The van der Waals surface area contributed by atoms with Gasteiger partial charge >= 0.3 is 5.97 Å². The molecule has 0 saturated carbocycles. The molecule has 2 rings (SSSR count). The van der Waals surface area contributed by atoms with Gasteiger partial charge in [-0.05, 0) is 78.4 Å². The maximum Gasteiger partial charge on any atom is 0.343 e. The van der Waals surface area contributed by atoms with Crippen molar-refractivity contribution in [2.24, 2.45) is 5.10 Å². The van der Waals surface area contributed by atoms with Crippen LogP contribution in [0.2, 0.25) is 0 Å². The lowest BCUT2D eigenvalue weighted by Gasteiger charge is -2.14. The molecule has 1 N–H and O–H groups in total. The van der Waals surface area contributed by atoms with Crippen molar-refractivity contribution in [1.82, 2.24) is 5.43 Å². The van der Waals surface area contributed by atoms with E-state index < -0.39 is 5.97 Å². The van der Waals surface area contributed by atoms with Gasteiger partial charge in [0.15, 0.2) is 18.1 Å². The van der Waals surface area contributed by atoms with Gasteiger partial charge in [0.05, 0.1) is 30.1 Å². The zero-order chi connectivity index (χ0) is 21.9. The highest BCUT2D eigenvalue weighted by atomic mass is 127. The molecule has 0 fully saturated rings. The fraction of sp³-hybridized carbons (Fsp3) is 0.286. The lowest BCUT2D eigenvalue weighted by atomic mass is 10.2. The molecule has 160 valence electrons. The number of carbonyl (C=O) groups is 2. The summed E-state index contributed by atoms with van der Waals surface area (Å²) in [4.78, 5) is 23.6. The first-order chi connectivity index (χ1) is 14.5. The summed E-state index contributed by atoms with van der Waals surface area (Å²) in [6, 6.07) is 10.3. The quantitative estimate of drug-likeness (QED) is 0.221. The maximum absolute atomic E-state index is 12.2. The van der Waals surface area contributed by atoms with Gasteiger partial charge in [-0.25, -0.2) is 10.2 Å². The van der Waals surface area contributed by atoms with Gasteiger partial charge in [-0.15, -0.1) is 0 Å². The van der Waals surface area contributed by atoms with Crippen molar-refractivity contribution in [2.75, 3.05) is 26.9 Å². The normalized spacial score (nSPS) is 10.5. The SMILES string of the molecule is CCOc1ccc(C(=O)N/N=C\c2cc(I)c(OCC(=O)OC)c(OCC)c2)cc1. The molecule has 0 bridgehead atoms. The summed E-state index contributed by atoms with van der Waals surface area (Å²) in [6.45, 7) is 4.49. The summed E-state index contributed by atoms with van der Waals surface area (Å²) in [7, 11) is 1.29. The number of benzene rings is 2. The van der Waals surface area contributed by atoms with E-state index in [1.807, 2.05) is 13.8 Å². The van der Waals surface area contributed by atoms with Crippen LogP contribution in [0.3, 0.4) is 0 Å². The average molecular weight is 526 g/mol. The number of methoxy groups -OCH3 is 1. The first-order valence-corrected chi connectivity index (χ1v) is 10.3. The van der Waals surface area contributed by atoms with Crippen molar-refractivity contribution in [2.45, 2.75) is 13.8 Å². The Kier molecular flexibility index (Phi) is 9.39. The summed E-state index contributed by atoms with van der Waals surface area (Å²) in [5, 5.41) is 4.01. The van der Waals surface area contributed by atoms with Crippen molar-refractivity contribution < 1.29 is 28.5 Å². The van der Waals surface area contributed by atoms with Crippen molar-refractivity contribution in [3.8, 4) is 17.2 Å². The number of hydrazone groups is 1. The maximum atomic E-state index is 12.2. The largest absolute Gasteiger partial charge is 0.494 e. The molecule has 1 amide bonds. The van der Waals surface area contributed by atoms with E-state index in [1.54, 1.807) is 36.4 Å². The number of amides is 1. The molecule has 0 atom stereocenters. The van der Waals surface area contributed by atoms with E-state index in [1.165, 1.54) is 13.3 Å². The minimum Gasteiger partial charge on any atom is -0.494 e. The summed E-state index contributed by atoms with van der Waals surface area (Å²) >= 11 is 2.08.